The van der Waals surface area contributed by atoms with Gasteiger partial charge in [-0.05, 0) is 44.5 Å². The van der Waals surface area contributed by atoms with Gasteiger partial charge in [-0.25, -0.2) is 4.79 Å². The van der Waals surface area contributed by atoms with Crippen LogP contribution in [0.25, 0.3) is 0 Å². The molecular weight excluding hydrogens is 242 g/mol. The summed E-state index contributed by atoms with van der Waals surface area (Å²) in [5.41, 5.74) is 0.898. The lowest BCUT2D eigenvalue weighted by atomic mass is 10.1. The van der Waals surface area contributed by atoms with E-state index >= 15 is 0 Å². The number of nitrogens with one attached hydrogen (secondary N) is 1. The van der Waals surface area contributed by atoms with Crippen molar-refractivity contribution in [3.05, 3.63) is 24.3 Å². The molecule has 0 aliphatic rings. The lowest BCUT2D eigenvalue weighted by molar-refractivity contribution is -0.144. The normalized spacial score (nSPS) is 11.7. The molecule has 0 radical (unpaired) electrons. The van der Waals surface area contributed by atoms with Crippen LogP contribution in [-0.2, 0) is 9.53 Å². The minimum Gasteiger partial charge on any atom is -0.494 e. The third-order valence-corrected chi connectivity index (χ3v) is 2.65. The van der Waals surface area contributed by atoms with Crippen LogP contribution in [0.3, 0.4) is 0 Å². The summed E-state index contributed by atoms with van der Waals surface area (Å²) in [6, 6.07) is 7.31. The number of anilines is 1. The van der Waals surface area contributed by atoms with Crippen molar-refractivity contribution in [3.63, 3.8) is 0 Å². The Balaban J connectivity index is 2.64. The average molecular weight is 265 g/mol. The molecule has 4 nitrogen and oxygen atoms in total. The van der Waals surface area contributed by atoms with Crippen molar-refractivity contribution in [2.75, 3.05) is 18.5 Å². The Morgan fingerprint density at radius 2 is 1.84 bits per heavy atom. The van der Waals surface area contributed by atoms with Crippen molar-refractivity contribution in [1.82, 2.24) is 0 Å². The van der Waals surface area contributed by atoms with E-state index < -0.39 is 0 Å². The van der Waals surface area contributed by atoms with Gasteiger partial charge in [0.1, 0.15) is 11.8 Å². The van der Waals surface area contributed by atoms with Crippen LogP contribution in [-0.4, -0.2) is 25.2 Å². The number of carbonyl (C=O) groups is 1. The third kappa shape index (κ3) is 5.20. The lowest BCUT2D eigenvalue weighted by Gasteiger charge is -2.18. The highest BCUT2D eigenvalue weighted by Gasteiger charge is 2.18. The molecule has 0 aromatic heterocycles. The second-order valence-electron chi connectivity index (χ2n) is 4.20. The van der Waals surface area contributed by atoms with E-state index in [1.54, 1.807) is 0 Å². The van der Waals surface area contributed by atoms with Gasteiger partial charge in [-0.2, -0.15) is 0 Å². The molecule has 0 saturated carbocycles. The molecule has 106 valence electrons. The van der Waals surface area contributed by atoms with Crippen LogP contribution in [0.4, 0.5) is 5.69 Å². The van der Waals surface area contributed by atoms with Gasteiger partial charge in [-0.1, -0.05) is 13.3 Å². The topological polar surface area (TPSA) is 47.6 Å². The SMILES string of the molecule is CCCC(Nc1ccc(OCC)cc1)C(=O)OCC. The molecule has 0 amide bonds. The van der Waals surface area contributed by atoms with Crippen molar-refractivity contribution in [3.8, 4) is 5.75 Å². The van der Waals surface area contributed by atoms with Gasteiger partial charge in [0.15, 0.2) is 0 Å². The largest absolute Gasteiger partial charge is 0.494 e. The van der Waals surface area contributed by atoms with Gasteiger partial charge in [-0.15, -0.1) is 0 Å². The molecule has 1 atom stereocenters. The lowest BCUT2D eigenvalue weighted by Crippen LogP contribution is -2.31. The van der Waals surface area contributed by atoms with Crippen molar-refractivity contribution < 1.29 is 14.3 Å². The fraction of sp³-hybridized carbons (Fsp3) is 0.533. The van der Waals surface area contributed by atoms with Crippen LogP contribution in [0.15, 0.2) is 24.3 Å². The third-order valence-electron chi connectivity index (χ3n) is 2.65. The molecule has 0 heterocycles. The van der Waals surface area contributed by atoms with Crippen molar-refractivity contribution >= 4 is 11.7 Å². The summed E-state index contributed by atoms with van der Waals surface area (Å²) in [6.07, 6.45) is 1.68. The van der Waals surface area contributed by atoms with Crippen molar-refractivity contribution in [2.45, 2.75) is 39.7 Å². The Kier molecular flexibility index (Phi) is 6.79. The van der Waals surface area contributed by atoms with E-state index in [2.05, 4.69) is 5.32 Å². The minimum atomic E-state index is -0.289. The van der Waals surface area contributed by atoms with Crippen molar-refractivity contribution in [2.24, 2.45) is 0 Å². The van der Waals surface area contributed by atoms with Gasteiger partial charge in [0.05, 0.1) is 13.2 Å². The van der Waals surface area contributed by atoms with Gasteiger partial charge in [0.2, 0.25) is 0 Å². The molecule has 0 spiro atoms. The summed E-state index contributed by atoms with van der Waals surface area (Å²) in [5, 5.41) is 3.20. The molecule has 1 aromatic carbocycles. The summed E-state index contributed by atoms with van der Waals surface area (Å²) in [5.74, 6) is 0.634. The summed E-state index contributed by atoms with van der Waals surface area (Å²) < 4.78 is 10.4. The zero-order chi connectivity index (χ0) is 14.1. The molecule has 0 fully saturated rings. The van der Waals surface area contributed by atoms with Crippen LogP contribution in [0, 0.1) is 0 Å². The highest BCUT2D eigenvalue weighted by molar-refractivity contribution is 5.79. The monoisotopic (exact) mass is 265 g/mol. The molecule has 1 rings (SSSR count). The fourth-order valence-electron chi connectivity index (χ4n) is 1.80. The van der Waals surface area contributed by atoms with Crippen LogP contribution >= 0.6 is 0 Å². The van der Waals surface area contributed by atoms with Gasteiger partial charge >= 0.3 is 5.97 Å². The molecule has 0 saturated heterocycles. The number of hydrogen-bond donors (Lipinski definition) is 1. The Morgan fingerprint density at radius 3 is 2.37 bits per heavy atom. The van der Waals surface area contributed by atoms with E-state index in [9.17, 15) is 4.79 Å². The molecule has 1 unspecified atom stereocenters. The van der Waals surface area contributed by atoms with E-state index in [4.69, 9.17) is 9.47 Å². The predicted octanol–water partition coefficient (Wildman–Crippen LogP) is 3.23. The van der Waals surface area contributed by atoms with Crippen LogP contribution < -0.4 is 10.1 Å². The first-order valence-electron chi connectivity index (χ1n) is 6.87. The maximum Gasteiger partial charge on any atom is 0.328 e. The number of carbonyl (C=O) groups excluding carboxylic acids is 1. The zero-order valence-corrected chi connectivity index (χ0v) is 11.9. The van der Waals surface area contributed by atoms with Gasteiger partial charge in [0, 0.05) is 5.69 Å². The average Bonchev–Trinajstić information content (AvgIpc) is 2.41. The highest BCUT2D eigenvalue weighted by atomic mass is 16.5. The molecule has 1 aromatic rings. The van der Waals surface area contributed by atoms with E-state index in [1.165, 1.54) is 0 Å². The first-order valence-corrected chi connectivity index (χ1v) is 6.87. The smallest absolute Gasteiger partial charge is 0.328 e. The zero-order valence-electron chi connectivity index (χ0n) is 11.9. The summed E-state index contributed by atoms with van der Waals surface area (Å²) in [6.45, 7) is 6.87. The van der Waals surface area contributed by atoms with E-state index in [0.717, 1.165) is 24.3 Å². The molecule has 1 N–H and O–H groups in total. The maximum absolute atomic E-state index is 11.8. The van der Waals surface area contributed by atoms with Gasteiger partial charge in [0.25, 0.3) is 0 Å². The van der Waals surface area contributed by atoms with Gasteiger partial charge in [-0.3, -0.25) is 0 Å². The summed E-state index contributed by atoms with van der Waals surface area (Å²) in [7, 11) is 0. The first-order chi connectivity index (χ1) is 9.21. The van der Waals surface area contributed by atoms with Crippen molar-refractivity contribution in [1.29, 1.82) is 0 Å². The number of benzene rings is 1. The van der Waals surface area contributed by atoms with E-state index in [0.29, 0.717) is 13.2 Å². The molecular formula is C15H23NO3. The van der Waals surface area contributed by atoms with E-state index in [1.807, 2.05) is 45.0 Å². The number of hydrogen-bond acceptors (Lipinski definition) is 4. The van der Waals surface area contributed by atoms with Crippen LogP contribution in [0.5, 0.6) is 5.75 Å². The van der Waals surface area contributed by atoms with Crippen LogP contribution in [0.2, 0.25) is 0 Å². The Hall–Kier alpha value is -1.71. The Labute approximate surface area is 115 Å². The minimum absolute atomic E-state index is 0.196. The quantitative estimate of drug-likeness (QED) is 0.733. The molecule has 0 aliphatic carbocycles. The predicted molar refractivity (Wildman–Crippen MR) is 76.6 cm³/mol. The van der Waals surface area contributed by atoms with Gasteiger partial charge < -0.3 is 14.8 Å². The number of rotatable bonds is 8. The second kappa shape index (κ2) is 8.40. The molecule has 0 aliphatic heterocycles. The highest BCUT2D eigenvalue weighted by Crippen LogP contribution is 2.17. The summed E-state index contributed by atoms with van der Waals surface area (Å²) in [4.78, 5) is 11.8. The molecule has 0 bridgehead atoms. The second-order valence-corrected chi connectivity index (χ2v) is 4.20. The first kappa shape index (κ1) is 15.3. The Morgan fingerprint density at radius 1 is 1.16 bits per heavy atom. The maximum atomic E-state index is 11.8. The summed E-state index contributed by atoms with van der Waals surface area (Å²) >= 11 is 0. The molecule has 4 heteroatoms. The van der Waals surface area contributed by atoms with Crippen LogP contribution in [0.1, 0.15) is 33.6 Å². The molecule has 19 heavy (non-hydrogen) atoms. The number of ether oxygens (including phenoxy) is 2. The standard InChI is InChI=1S/C15H23NO3/c1-4-7-14(15(17)19-6-3)16-12-8-10-13(11-9-12)18-5-2/h8-11,14,16H,4-7H2,1-3H3. The number of esters is 1. The fourth-order valence-corrected chi connectivity index (χ4v) is 1.80. The van der Waals surface area contributed by atoms with E-state index in [-0.39, 0.29) is 12.0 Å². The Bertz CT molecular complexity index is 375.